The van der Waals surface area contributed by atoms with Gasteiger partial charge in [-0.05, 0) is 31.9 Å². The van der Waals surface area contributed by atoms with Crippen LogP contribution in [0.1, 0.15) is 23.9 Å². The Morgan fingerprint density at radius 3 is 2.70 bits per heavy atom. The van der Waals surface area contributed by atoms with Gasteiger partial charge in [0.15, 0.2) is 0 Å². The number of ether oxygens (including phenoxy) is 1. The van der Waals surface area contributed by atoms with Crippen LogP contribution in [-0.2, 0) is 20.1 Å². The fourth-order valence-electron chi connectivity index (χ4n) is 2.14. The maximum Gasteiger partial charge on any atom is 0.131 e. The van der Waals surface area contributed by atoms with Crippen LogP contribution in [0, 0.1) is 6.92 Å². The van der Waals surface area contributed by atoms with Crippen molar-refractivity contribution < 1.29 is 4.74 Å². The van der Waals surface area contributed by atoms with Gasteiger partial charge in [-0.3, -0.25) is 4.68 Å². The van der Waals surface area contributed by atoms with Gasteiger partial charge in [-0.2, -0.15) is 5.10 Å². The van der Waals surface area contributed by atoms with Crippen molar-refractivity contribution in [1.82, 2.24) is 9.78 Å². The summed E-state index contributed by atoms with van der Waals surface area (Å²) in [6, 6.07) is 8.04. The van der Waals surface area contributed by atoms with Crippen LogP contribution in [-0.4, -0.2) is 15.8 Å². The second kappa shape index (κ2) is 6.29. The lowest BCUT2D eigenvalue weighted by Crippen LogP contribution is -2.18. The molecule has 108 valence electrons. The number of halogens is 1. The lowest BCUT2D eigenvalue weighted by molar-refractivity contribution is 0.291. The third-order valence-corrected chi connectivity index (χ3v) is 3.63. The van der Waals surface area contributed by atoms with Gasteiger partial charge < -0.3 is 10.5 Å². The van der Waals surface area contributed by atoms with Crippen molar-refractivity contribution in [2.75, 3.05) is 0 Å². The first-order valence-corrected chi connectivity index (χ1v) is 7.01. The average molecular weight is 294 g/mol. The predicted molar refractivity (Wildman–Crippen MR) is 81.1 cm³/mol. The highest BCUT2D eigenvalue weighted by Crippen LogP contribution is 2.24. The van der Waals surface area contributed by atoms with Crippen molar-refractivity contribution in [2.45, 2.75) is 32.9 Å². The molecular formula is C15H20ClN3O. The Morgan fingerprint density at radius 1 is 1.40 bits per heavy atom. The lowest BCUT2D eigenvalue weighted by Gasteiger charge is -2.13. The van der Waals surface area contributed by atoms with Gasteiger partial charge in [-0.1, -0.05) is 29.8 Å². The van der Waals surface area contributed by atoms with Gasteiger partial charge >= 0.3 is 0 Å². The van der Waals surface area contributed by atoms with E-state index in [4.69, 9.17) is 22.1 Å². The molecule has 2 aromatic rings. The SMILES string of the molecule is Cc1nn(C)c(COc2ccccc2CC(C)N)c1Cl. The third kappa shape index (κ3) is 3.32. The monoisotopic (exact) mass is 293 g/mol. The Kier molecular flexibility index (Phi) is 4.68. The Balaban J connectivity index is 2.15. The molecule has 1 atom stereocenters. The van der Waals surface area contributed by atoms with Gasteiger partial charge in [0.1, 0.15) is 12.4 Å². The molecule has 20 heavy (non-hydrogen) atoms. The fraction of sp³-hybridized carbons (Fsp3) is 0.400. The summed E-state index contributed by atoms with van der Waals surface area (Å²) < 4.78 is 7.65. The summed E-state index contributed by atoms with van der Waals surface area (Å²) in [5.41, 5.74) is 8.66. The Labute approximate surface area is 124 Å². The zero-order valence-electron chi connectivity index (χ0n) is 12.1. The van der Waals surface area contributed by atoms with E-state index in [1.165, 1.54) is 0 Å². The summed E-state index contributed by atoms with van der Waals surface area (Å²) in [5, 5.41) is 4.94. The molecule has 2 N–H and O–H groups in total. The third-order valence-electron chi connectivity index (χ3n) is 3.14. The number of nitrogens with two attached hydrogens (primary N) is 1. The van der Waals surface area contributed by atoms with Crippen LogP contribution in [0.3, 0.4) is 0 Å². The van der Waals surface area contributed by atoms with E-state index < -0.39 is 0 Å². The number of hydrogen-bond donors (Lipinski definition) is 1. The van der Waals surface area contributed by atoms with Crippen molar-refractivity contribution in [3.05, 3.63) is 46.2 Å². The van der Waals surface area contributed by atoms with Crippen molar-refractivity contribution in [3.8, 4) is 5.75 Å². The van der Waals surface area contributed by atoms with E-state index in [1.807, 2.05) is 45.2 Å². The minimum Gasteiger partial charge on any atom is -0.487 e. The van der Waals surface area contributed by atoms with Crippen LogP contribution in [0.5, 0.6) is 5.75 Å². The summed E-state index contributed by atoms with van der Waals surface area (Å²) in [7, 11) is 1.87. The van der Waals surface area contributed by atoms with Gasteiger partial charge in [0.25, 0.3) is 0 Å². The van der Waals surface area contributed by atoms with Crippen LogP contribution in [0.15, 0.2) is 24.3 Å². The molecule has 0 radical (unpaired) electrons. The minimum atomic E-state index is 0.0993. The first-order valence-electron chi connectivity index (χ1n) is 6.63. The molecule has 0 bridgehead atoms. The van der Waals surface area contributed by atoms with E-state index in [1.54, 1.807) is 4.68 Å². The largest absolute Gasteiger partial charge is 0.487 e. The second-order valence-corrected chi connectivity index (χ2v) is 5.43. The molecule has 1 unspecified atom stereocenters. The second-order valence-electron chi connectivity index (χ2n) is 5.05. The molecule has 0 aliphatic rings. The number of benzene rings is 1. The Bertz CT molecular complexity index is 593. The first kappa shape index (κ1) is 14.9. The topological polar surface area (TPSA) is 53.1 Å². The van der Waals surface area contributed by atoms with Crippen molar-refractivity contribution in [3.63, 3.8) is 0 Å². The summed E-state index contributed by atoms with van der Waals surface area (Å²) in [6.07, 6.45) is 0.786. The van der Waals surface area contributed by atoms with Gasteiger partial charge in [-0.25, -0.2) is 0 Å². The smallest absolute Gasteiger partial charge is 0.131 e. The molecule has 0 aliphatic carbocycles. The lowest BCUT2D eigenvalue weighted by atomic mass is 10.1. The summed E-state index contributed by atoms with van der Waals surface area (Å²) in [4.78, 5) is 0. The molecule has 0 aliphatic heterocycles. The van der Waals surface area contributed by atoms with Gasteiger partial charge in [0.2, 0.25) is 0 Å². The fourth-order valence-corrected chi connectivity index (χ4v) is 2.36. The average Bonchev–Trinajstić information content (AvgIpc) is 2.62. The molecule has 0 spiro atoms. The number of aryl methyl sites for hydroxylation is 2. The van der Waals surface area contributed by atoms with E-state index in [0.29, 0.717) is 11.6 Å². The summed E-state index contributed by atoms with van der Waals surface area (Å²) >= 11 is 6.22. The molecule has 4 nitrogen and oxygen atoms in total. The zero-order valence-corrected chi connectivity index (χ0v) is 12.8. The molecule has 5 heteroatoms. The standard InChI is InChI=1S/C15H20ClN3O/c1-10(17)8-12-6-4-5-7-14(12)20-9-13-15(16)11(2)18-19(13)3/h4-7,10H,8-9,17H2,1-3H3. The van der Waals surface area contributed by atoms with Crippen LogP contribution in [0.25, 0.3) is 0 Å². The normalized spacial score (nSPS) is 12.4. The molecule has 1 aromatic carbocycles. The van der Waals surface area contributed by atoms with Crippen molar-refractivity contribution in [2.24, 2.45) is 12.8 Å². The molecule has 0 saturated heterocycles. The molecule has 1 aromatic heterocycles. The van der Waals surface area contributed by atoms with Gasteiger partial charge in [-0.15, -0.1) is 0 Å². The van der Waals surface area contributed by atoms with E-state index in [0.717, 1.165) is 29.1 Å². The molecule has 0 fully saturated rings. The molecule has 2 rings (SSSR count). The number of hydrogen-bond acceptors (Lipinski definition) is 3. The number of nitrogens with zero attached hydrogens (tertiary/aromatic N) is 2. The van der Waals surface area contributed by atoms with E-state index in [-0.39, 0.29) is 6.04 Å². The molecule has 1 heterocycles. The van der Waals surface area contributed by atoms with Crippen LogP contribution >= 0.6 is 11.6 Å². The highest BCUT2D eigenvalue weighted by atomic mass is 35.5. The summed E-state index contributed by atoms with van der Waals surface area (Å²) in [5.74, 6) is 0.847. The maximum atomic E-state index is 6.22. The van der Waals surface area contributed by atoms with E-state index in [9.17, 15) is 0 Å². The zero-order chi connectivity index (χ0) is 14.7. The van der Waals surface area contributed by atoms with Gasteiger partial charge in [0.05, 0.1) is 16.4 Å². The highest BCUT2D eigenvalue weighted by Gasteiger charge is 2.13. The van der Waals surface area contributed by atoms with Crippen molar-refractivity contribution >= 4 is 11.6 Å². The molecular weight excluding hydrogens is 274 g/mol. The number of rotatable bonds is 5. The molecule has 0 amide bonds. The maximum absolute atomic E-state index is 6.22. The first-order chi connectivity index (χ1) is 9.49. The van der Waals surface area contributed by atoms with E-state index >= 15 is 0 Å². The Hall–Kier alpha value is -1.52. The Morgan fingerprint density at radius 2 is 2.10 bits per heavy atom. The number of aromatic nitrogens is 2. The van der Waals surface area contributed by atoms with Crippen molar-refractivity contribution in [1.29, 1.82) is 0 Å². The molecule has 0 saturated carbocycles. The highest BCUT2D eigenvalue weighted by molar-refractivity contribution is 6.31. The van der Waals surface area contributed by atoms with Crippen LogP contribution in [0.4, 0.5) is 0 Å². The quantitative estimate of drug-likeness (QED) is 0.922. The predicted octanol–water partition coefficient (Wildman–Crippen LogP) is 2.85. The minimum absolute atomic E-state index is 0.0993. The number of para-hydroxylation sites is 1. The van der Waals surface area contributed by atoms with Crippen LogP contribution in [0.2, 0.25) is 5.02 Å². The van der Waals surface area contributed by atoms with E-state index in [2.05, 4.69) is 5.10 Å². The van der Waals surface area contributed by atoms with Crippen LogP contribution < -0.4 is 10.5 Å². The summed E-state index contributed by atoms with van der Waals surface area (Å²) in [6.45, 7) is 4.26. The van der Waals surface area contributed by atoms with Gasteiger partial charge in [0, 0.05) is 13.1 Å².